The predicted molar refractivity (Wildman–Crippen MR) is 113 cm³/mol. The summed E-state index contributed by atoms with van der Waals surface area (Å²) in [5, 5.41) is 23.6. The Bertz CT molecular complexity index is 599. The molecule has 0 rings (SSSR count). The van der Waals surface area contributed by atoms with E-state index in [2.05, 4.69) is 13.8 Å². The summed E-state index contributed by atoms with van der Waals surface area (Å²) in [5.74, 6) is -5.67. The zero-order chi connectivity index (χ0) is 23.0. The van der Waals surface area contributed by atoms with Gasteiger partial charge in [-0.3, -0.25) is 4.55 Å². The van der Waals surface area contributed by atoms with Crippen LogP contribution in [0.2, 0.25) is 0 Å². The molecule has 0 heterocycles. The molecule has 0 aromatic heterocycles. The van der Waals surface area contributed by atoms with Crippen molar-refractivity contribution in [1.82, 2.24) is 0 Å². The van der Waals surface area contributed by atoms with Gasteiger partial charge in [0.1, 0.15) is 4.75 Å². The maximum atomic E-state index is 12.1. The quantitative estimate of drug-likeness (QED) is 0.108. The predicted octanol–water partition coefficient (Wildman–Crippen LogP) is -2.98. The molecular formula is C22H40Na2O7S. The normalized spacial score (nSPS) is 14.0. The van der Waals surface area contributed by atoms with E-state index in [1.54, 1.807) is 0 Å². The molecule has 0 aromatic carbocycles. The van der Waals surface area contributed by atoms with Crippen LogP contribution in [-0.4, -0.2) is 29.7 Å². The minimum Gasteiger partial charge on any atom is -0.550 e. The molecule has 0 fully saturated rings. The van der Waals surface area contributed by atoms with Crippen molar-refractivity contribution in [2.75, 3.05) is 0 Å². The number of hydrogen-bond acceptors (Lipinski definition) is 6. The Kier molecular flexibility index (Phi) is 24.7. The monoisotopic (exact) mass is 494 g/mol. The van der Waals surface area contributed by atoms with Crippen LogP contribution in [0.3, 0.4) is 0 Å². The summed E-state index contributed by atoms with van der Waals surface area (Å²) in [6, 6.07) is 0. The number of carboxylic acid groups (broad SMARTS) is 2. The molecule has 0 amide bonds. The average molecular weight is 495 g/mol. The molecular weight excluding hydrogens is 454 g/mol. The second-order valence-corrected chi connectivity index (χ2v) is 9.98. The molecule has 0 spiro atoms. The van der Waals surface area contributed by atoms with Gasteiger partial charge in [-0.15, -0.1) is 0 Å². The largest absolute Gasteiger partial charge is 1.00 e. The van der Waals surface area contributed by atoms with Gasteiger partial charge in [0, 0.05) is 11.9 Å². The van der Waals surface area contributed by atoms with Gasteiger partial charge in [0.05, 0.1) is 5.97 Å². The Morgan fingerprint density at radius 3 is 1.47 bits per heavy atom. The van der Waals surface area contributed by atoms with Gasteiger partial charge in [-0.2, -0.15) is 8.42 Å². The summed E-state index contributed by atoms with van der Waals surface area (Å²) in [5.41, 5.74) is 0. The van der Waals surface area contributed by atoms with Crippen LogP contribution in [-0.2, 0) is 19.7 Å². The fraction of sp³-hybridized carbons (Fsp3) is 0.909. The van der Waals surface area contributed by atoms with Crippen molar-refractivity contribution >= 4 is 22.1 Å². The first kappa shape index (κ1) is 37.4. The van der Waals surface area contributed by atoms with Crippen molar-refractivity contribution in [2.45, 2.75) is 121 Å². The van der Waals surface area contributed by atoms with Crippen LogP contribution in [0.25, 0.3) is 0 Å². The standard InChI is InChI=1S/C22H42O7S.2Na/c1-3-5-7-9-11-12-14-16-18-22(21(25)26,30(27,28)29)19(20(23)24)17-15-13-10-8-6-4-2;;/h19H,3-18H2,1-2H3,(H,23,24)(H,25,26)(H,27,28,29);;/q;2*+1/p-2. The third-order valence-corrected chi connectivity index (χ3v) is 7.48. The van der Waals surface area contributed by atoms with Crippen molar-refractivity contribution < 1.29 is 91.9 Å². The second kappa shape index (κ2) is 21.2. The van der Waals surface area contributed by atoms with Crippen LogP contribution in [0.5, 0.6) is 0 Å². The summed E-state index contributed by atoms with van der Waals surface area (Å²) in [6.45, 7) is 4.19. The molecule has 32 heavy (non-hydrogen) atoms. The smallest absolute Gasteiger partial charge is 0.550 e. The molecule has 0 aliphatic carbocycles. The van der Waals surface area contributed by atoms with Crippen molar-refractivity contribution in [3.63, 3.8) is 0 Å². The van der Waals surface area contributed by atoms with E-state index in [4.69, 9.17) is 0 Å². The number of aliphatic carboxylic acids is 2. The molecule has 10 heteroatoms. The Balaban J connectivity index is -0.00000420. The summed E-state index contributed by atoms with van der Waals surface area (Å²) >= 11 is 0. The van der Waals surface area contributed by atoms with Crippen LogP contribution in [0, 0.1) is 5.92 Å². The third-order valence-electron chi connectivity index (χ3n) is 5.90. The molecule has 0 aliphatic rings. The molecule has 2 atom stereocenters. The van der Waals surface area contributed by atoms with Crippen LogP contribution in [0.4, 0.5) is 0 Å². The first-order valence-electron chi connectivity index (χ1n) is 11.5. The van der Waals surface area contributed by atoms with Gasteiger partial charge in [0.2, 0.25) is 0 Å². The van der Waals surface area contributed by atoms with Crippen molar-refractivity contribution in [3.8, 4) is 0 Å². The number of carbonyl (C=O) groups excluding carboxylic acids is 2. The molecule has 0 bridgehead atoms. The molecule has 0 radical (unpaired) electrons. The zero-order valence-corrected chi connectivity index (χ0v) is 25.5. The molecule has 0 saturated carbocycles. The van der Waals surface area contributed by atoms with E-state index in [-0.39, 0.29) is 72.0 Å². The van der Waals surface area contributed by atoms with Gasteiger partial charge in [0.25, 0.3) is 10.1 Å². The first-order chi connectivity index (χ1) is 14.1. The minimum absolute atomic E-state index is 0. The maximum Gasteiger partial charge on any atom is 1.00 e. The summed E-state index contributed by atoms with van der Waals surface area (Å²) in [6.07, 6.45) is 11.2. The van der Waals surface area contributed by atoms with Crippen molar-refractivity contribution in [2.24, 2.45) is 5.92 Å². The van der Waals surface area contributed by atoms with E-state index in [1.807, 2.05) is 0 Å². The zero-order valence-electron chi connectivity index (χ0n) is 20.7. The van der Waals surface area contributed by atoms with Gasteiger partial charge in [-0.25, -0.2) is 0 Å². The Morgan fingerprint density at radius 1 is 0.750 bits per heavy atom. The average Bonchev–Trinajstić information content (AvgIpc) is 2.65. The number of hydrogen-bond donors (Lipinski definition) is 1. The van der Waals surface area contributed by atoms with E-state index in [1.165, 1.54) is 0 Å². The Labute approximate surface area is 239 Å². The fourth-order valence-electron chi connectivity index (χ4n) is 4.02. The van der Waals surface area contributed by atoms with Crippen LogP contribution < -0.4 is 69.3 Å². The summed E-state index contributed by atoms with van der Waals surface area (Å²) < 4.78 is 31.1. The molecule has 0 saturated heterocycles. The van der Waals surface area contributed by atoms with Gasteiger partial charge in [0.15, 0.2) is 0 Å². The van der Waals surface area contributed by atoms with Crippen molar-refractivity contribution in [3.05, 3.63) is 0 Å². The van der Waals surface area contributed by atoms with Gasteiger partial charge >= 0.3 is 59.1 Å². The van der Waals surface area contributed by atoms with Gasteiger partial charge < -0.3 is 19.8 Å². The van der Waals surface area contributed by atoms with E-state index in [0.29, 0.717) is 19.3 Å². The van der Waals surface area contributed by atoms with E-state index >= 15 is 0 Å². The van der Waals surface area contributed by atoms with Crippen molar-refractivity contribution in [1.29, 1.82) is 0 Å². The van der Waals surface area contributed by atoms with Crippen LogP contribution in [0.15, 0.2) is 0 Å². The molecule has 2 unspecified atom stereocenters. The van der Waals surface area contributed by atoms with E-state index < -0.39 is 39.1 Å². The maximum absolute atomic E-state index is 12.1. The number of carboxylic acids is 2. The number of unbranched alkanes of at least 4 members (excludes halogenated alkanes) is 12. The number of rotatable bonds is 20. The summed E-state index contributed by atoms with van der Waals surface area (Å²) in [7, 11) is -5.21. The van der Waals surface area contributed by atoms with E-state index in [9.17, 15) is 32.8 Å². The van der Waals surface area contributed by atoms with Crippen LogP contribution >= 0.6 is 0 Å². The molecule has 0 aromatic rings. The van der Waals surface area contributed by atoms with Gasteiger partial charge in [-0.05, 0) is 12.8 Å². The fourth-order valence-corrected chi connectivity index (χ4v) is 5.21. The van der Waals surface area contributed by atoms with Gasteiger partial charge in [-0.1, -0.05) is 104 Å². The first-order valence-corrected chi connectivity index (χ1v) is 13.0. The minimum atomic E-state index is -5.21. The molecule has 7 nitrogen and oxygen atoms in total. The SMILES string of the molecule is CCCCCCCCCCC(C(=O)[O-])(C(CCCCCCCC)C(=O)[O-])S(=O)(=O)O.[Na+].[Na+]. The molecule has 1 N–H and O–H groups in total. The topological polar surface area (TPSA) is 135 Å². The second-order valence-electron chi connectivity index (χ2n) is 8.30. The van der Waals surface area contributed by atoms with E-state index in [0.717, 1.165) is 64.2 Å². The Morgan fingerprint density at radius 2 is 1.12 bits per heavy atom. The summed E-state index contributed by atoms with van der Waals surface area (Å²) in [4.78, 5) is 23.6. The number of carbonyl (C=O) groups is 2. The van der Waals surface area contributed by atoms with Crippen LogP contribution in [0.1, 0.15) is 117 Å². The third kappa shape index (κ3) is 13.7. The molecule has 0 aliphatic heterocycles. The molecule has 178 valence electrons. The Hall–Kier alpha value is 0.850.